The van der Waals surface area contributed by atoms with Crippen molar-refractivity contribution < 1.29 is 14.6 Å². The Hall–Kier alpha value is -0.910. The molecule has 0 spiro atoms. The van der Waals surface area contributed by atoms with Gasteiger partial charge in [-0.25, -0.2) is 0 Å². The van der Waals surface area contributed by atoms with Crippen LogP contribution in [0.3, 0.4) is 0 Å². The fraction of sp³-hybridized carbons (Fsp3) is 0.727. The average molecular weight is 228 g/mol. The van der Waals surface area contributed by atoms with Crippen molar-refractivity contribution in [3.63, 3.8) is 0 Å². The minimum absolute atomic E-state index is 0.446. The Morgan fingerprint density at radius 1 is 1.38 bits per heavy atom. The molecule has 1 aromatic heterocycles. The molecular formula is C11H20N2O3. The van der Waals surface area contributed by atoms with Gasteiger partial charge in [0.15, 0.2) is 6.29 Å². The zero-order chi connectivity index (χ0) is 12.2. The molecule has 1 rings (SSSR count). The van der Waals surface area contributed by atoms with Crippen molar-refractivity contribution in [3.8, 4) is 0 Å². The minimum Gasteiger partial charge on any atom is -0.384 e. The summed E-state index contributed by atoms with van der Waals surface area (Å²) in [6.45, 7) is 8.29. The lowest BCUT2D eigenvalue weighted by molar-refractivity contribution is -0.142. The molecule has 0 radical (unpaired) electrons. The summed E-state index contributed by atoms with van der Waals surface area (Å²) in [7, 11) is 0. The normalized spacial score (nSPS) is 12.4. The van der Waals surface area contributed by atoms with Crippen LogP contribution in [0.1, 0.15) is 45.4 Å². The lowest BCUT2D eigenvalue weighted by Gasteiger charge is -2.15. The summed E-state index contributed by atoms with van der Waals surface area (Å²) in [5.41, 5.74) is 0.338. The highest BCUT2D eigenvalue weighted by Gasteiger charge is 2.22. The molecule has 0 bridgehead atoms. The van der Waals surface area contributed by atoms with Crippen LogP contribution in [0.25, 0.3) is 0 Å². The van der Waals surface area contributed by atoms with Gasteiger partial charge in [-0.1, -0.05) is 0 Å². The molecule has 16 heavy (non-hydrogen) atoms. The highest BCUT2D eigenvalue weighted by molar-refractivity contribution is 5.15. The van der Waals surface area contributed by atoms with E-state index in [2.05, 4.69) is 10.2 Å². The summed E-state index contributed by atoms with van der Waals surface area (Å²) < 4.78 is 10.8. The molecular weight excluding hydrogens is 208 g/mol. The van der Waals surface area contributed by atoms with E-state index in [0.29, 0.717) is 18.9 Å². The molecule has 0 atom stereocenters. The van der Waals surface area contributed by atoms with Crippen molar-refractivity contribution in [3.05, 3.63) is 17.5 Å². The van der Waals surface area contributed by atoms with E-state index in [1.54, 1.807) is 19.9 Å². The van der Waals surface area contributed by atoms with Gasteiger partial charge >= 0.3 is 0 Å². The maximum absolute atomic E-state index is 9.78. The van der Waals surface area contributed by atoms with Crippen molar-refractivity contribution in [2.24, 2.45) is 0 Å². The van der Waals surface area contributed by atoms with Gasteiger partial charge in [-0.05, 0) is 33.8 Å². The van der Waals surface area contributed by atoms with E-state index >= 15 is 0 Å². The number of nitrogens with zero attached hydrogens (tertiary/aromatic N) is 1. The Balaban J connectivity index is 2.81. The van der Waals surface area contributed by atoms with E-state index in [1.165, 1.54) is 0 Å². The van der Waals surface area contributed by atoms with E-state index in [-0.39, 0.29) is 0 Å². The van der Waals surface area contributed by atoms with Gasteiger partial charge in [0.1, 0.15) is 5.60 Å². The smallest absolute Gasteiger partial charge is 0.200 e. The monoisotopic (exact) mass is 228 g/mol. The Morgan fingerprint density at radius 3 is 2.31 bits per heavy atom. The van der Waals surface area contributed by atoms with Gasteiger partial charge in [-0.2, -0.15) is 5.10 Å². The first-order valence-electron chi connectivity index (χ1n) is 5.50. The predicted molar refractivity (Wildman–Crippen MR) is 59.8 cm³/mol. The van der Waals surface area contributed by atoms with E-state index in [9.17, 15) is 5.11 Å². The Morgan fingerprint density at radius 2 is 1.94 bits per heavy atom. The fourth-order valence-corrected chi connectivity index (χ4v) is 1.30. The van der Waals surface area contributed by atoms with Crippen LogP contribution in [0.5, 0.6) is 0 Å². The second-order valence-electron chi connectivity index (χ2n) is 4.01. The van der Waals surface area contributed by atoms with Gasteiger partial charge in [-0.15, -0.1) is 0 Å². The zero-order valence-corrected chi connectivity index (χ0v) is 10.3. The molecule has 0 saturated carbocycles. The second kappa shape index (κ2) is 5.43. The van der Waals surface area contributed by atoms with Crippen molar-refractivity contribution >= 4 is 0 Å². The van der Waals surface area contributed by atoms with Crippen LogP contribution in [0.2, 0.25) is 0 Å². The Labute approximate surface area is 95.8 Å². The third-order valence-electron chi connectivity index (χ3n) is 2.11. The topological polar surface area (TPSA) is 67.4 Å². The molecule has 5 heteroatoms. The summed E-state index contributed by atoms with van der Waals surface area (Å²) >= 11 is 0. The van der Waals surface area contributed by atoms with Crippen LogP contribution in [0, 0.1) is 0 Å². The molecule has 1 heterocycles. The fourth-order valence-electron chi connectivity index (χ4n) is 1.30. The maximum Gasteiger partial charge on any atom is 0.200 e. The first-order valence-corrected chi connectivity index (χ1v) is 5.50. The van der Waals surface area contributed by atoms with E-state index in [1.807, 2.05) is 13.8 Å². The number of hydrogen-bond acceptors (Lipinski definition) is 4. The number of rotatable bonds is 6. The first kappa shape index (κ1) is 13.2. The minimum atomic E-state index is -0.961. The van der Waals surface area contributed by atoms with Crippen LogP contribution in [0.4, 0.5) is 0 Å². The van der Waals surface area contributed by atoms with Crippen molar-refractivity contribution in [2.45, 2.75) is 39.6 Å². The van der Waals surface area contributed by atoms with Crippen LogP contribution in [-0.2, 0) is 15.1 Å². The average Bonchev–Trinajstić information content (AvgIpc) is 2.65. The van der Waals surface area contributed by atoms with E-state index < -0.39 is 11.9 Å². The molecule has 0 saturated heterocycles. The van der Waals surface area contributed by atoms with E-state index in [4.69, 9.17) is 9.47 Å². The number of aromatic nitrogens is 2. The van der Waals surface area contributed by atoms with Crippen LogP contribution >= 0.6 is 0 Å². The molecule has 0 aliphatic rings. The molecule has 0 fully saturated rings. The zero-order valence-electron chi connectivity index (χ0n) is 10.3. The maximum atomic E-state index is 9.78. The summed E-state index contributed by atoms with van der Waals surface area (Å²) in [6, 6.07) is 1.76. The Kier molecular flexibility index (Phi) is 4.46. The quantitative estimate of drug-likeness (QED) is 0.727. The van der Waals surface area contributed by atoms with Crippen LogP contribution < -0.4 is 0 Å². The summed E-state index contributed by atoms with van der Waals surface area (Å²) in [5.74, 6) is 0. The SMILES string of the molecule is CCOC(OCC)c1cc(C(C)(C)O)n[nH]1. The molecule has 2 N–H and O–H groups in total. The summed E-state index contributed by atoms with van der Waals surface area (Å²) in [5, 5.41) is 16.6. The molecule has 0 aliphatic carbocycles. The largest absolute Gasteiger partial charge is 0.384 e. The van der Waals surface area contributed by atoms with Crippen LogP contribution in [-0.4, -0.2) is 28.5 Å². The third kappa shape index (κ3) is 3.30. The van der Waals surface area contributed by atoms with Gasteiger partial charge in [0.2, 0.25) is 0 Å². The molecule has 0 amide bonds. The highest BCUT2D eigenvalue weighted by atomic mass is 16.7. The lowest BCUT2D eigenvalue weighted by atomic mass is 10.1. The first-order chi connectivity index (χ1) is 7.49. The summed E-state index contributed by atoms with van der Waals surface area (Å²) in [4.78, 5) is 0. The van der Waals surface area contributed by atoms with E-state index in [0.717, 1.165) is 5.69 Å². The predicted octanol–water partition coefficient (Wildman–Crippen LogP) is 1.71. The second-order valence-corrected chi connectivity index (χ2v) is 4.01. The van der Waals surface area contributed by atoms with Gasteiger partial charge in [-0.3, -0.25) is 5.10 Å². The van der Waals surface area contributed by atoms with Gasteiger partial charge in [0.05, 0.1) is 11.4 Å². The van der Waals surface area contributed by atoms with Crippen molar-refractivity contribution in [1.29, 1.82) is 0 Å². The number of aliphatic hydroxyl groups is 1. The van der Waals surface area contributed by atoms with Gasteiger partial charge < -0.3 is 14.6 Å². The molecule has 92 valence electrons. The van der Waals surface area contributed by atoms with Crippen molar-refractivity contribution in [2.75, 3.05) is 13.2 Å². The van der Waals surface area contributed by atoms with Gasteiger partial charge in [0.25, 0.3) is 0 Å². The lowest BCUT2D eigenvalue weighted by Crippen LogP contribution is -2.15. The highest BCUT2D eigenvalue weighted by Crippen LogP contribution is 2.23. The van der Waals surface area contributed by atoms with Crippen molar-refractivity contribution in [1.82, 2.24) is 10.2 Å². The standard InChI is InChI=1S/C11H20N2O3/c1-5-15-10(16-6-2)8-7-9(13-12-8)11(3,4)14/h7,10,14H,5-6H2,1-4H3,(H,12,13). The number of hydrogen-bond donors (Lipinski definition) is 2. The number of nitrogens with one attached hydrogen (secondary N) is 1. The number of ether oxygens (including phenoxy) is 2. The third-order valence-corrected chi connectivity index (χ3v) is 2.11. The number of H-pyrrole nitrogens is 1. The Bertz CT molecular complexity index is 311. The summed E-state index contributed by atoms with van der Waals surface area (Å²) in [6.07, 6.45) is -0.446. The molecule has 5 nitrogen and oxygen atoms in total. The number of aromatic amines is 1. The van der Waals surface area contributed by atoms with Gasteiger partial charge in [0, 0.05) is 13.2 Å². The molecule has 0 aliphatic heterocycles. The molecule has 1 aromatic rings. The molecule has 0 unspecified atom stereocenters. The van der Waals surface area contributed by atoms with Crippen LogP contribution in [0.15, 0.2) is 6.07 Å². The molecule has 0 aromatic carbocycles.